The summed E-state index contributed by atoms with van der Waals surface area (Å²) >= 11 is 0. The fraction of sp³-hybridized carbons (Fsp3) is 1.00. The molecule has 2 unspecified atom stereocenters. The summed E-state index contributed by atoms with van der Waals surface area (Å²) in [5, 5.41) is 0. The van der Waals surface area contributed by atoms with Crippen molar-refractivity contribution in [3.05, 3.63) is 0 Å². The zero-order valence-corrected chi connectivity index (χ0v) is 8.22. The molecule has 0 amide bonds. The van der Waals surface area contributed by atoms with Crippen LogP contribution in [0, 0.1) is 5.41 Å². The lowest BCUT2D eigenvalue weighted by molar-refractivity contribution is -0.546. The normalized spacial score (nSPS) is 55.6. The van der Waals surface area contributed by atoms with Gasteiger partial charge in [0, 0.05) is 5.41 Å². The Bertz CT molecular complexity index is 249. The second-order valence-corrected chi connectivity index (χ2v) is 4.72. The van der Waals surface area contributed by atoms with Crippen molar-refractivity contribution in [3.63, 3.8) is 0 Å². The molecule has 2 rings (SSSR count). The molecule has 0 spiro atoms. The highest BCUT2D eigenvalue weighted by Gasteiger charge is 2.71. The van der Waals surface area contributed by atoms with Gasteiger partial charge in [-0.15, -0.1) is 0 Å². The van der Waals surface area contributed by atoms with Gasteiger partial charge in [-0.1, -0.05) is 13.8 Å². The van der Waals surface area contributed by atoms with E-state index in [1.165, 1.54) is 0 Å². The smallest absolute Gasteiger partial charge is 0.224 e. The van der Waals surface area contributed by atoms with Crippen LogP contribution >= 0.6 is 0 Å². The lowest BCUT2D eigenvalue weighted by Crippen LogP contribution is -2.59. The van der Waals surface area contributed by atoms with Crippen LogP contribution in [0.4, 0.5) is 0 Å². The van der Waals surface area contributed by atoms with Crippen molar-refractivity contribution in [2.45, 2.75) is 52.1 Å². The maximum absolute atomic E-state index is 7.92. The van der Waals surface area contributed by atoms with Gasteiger partial charge in [-0.2, -0.15) is 0 Å². The number of ether oxygens (including phenoxy) is 1. The highest BCUT2D eigenvalue weighted by Crippen LogP contribution is 2.58. The molecule has 0 aromatic carbocycles. The van der Waals surface area contributed by atoms with Gasteiger partial charge in [0.25, 0.3) is 0 Å². The van der Waals surface area contributed by atoms with Crippen LogP contribution in [0.1, 0.15) is 36.0 Å². The van der Waals surface area contributed by atoms with Crippen LogP contribution in [-0.4, -0.2) is 17.5 Å². The molecule has 0 N–H and O–H groups in total. The van der Waals surface area contributed by atoms with Crippen LogP contribution < -0.4 is 0 Å². The Morgan fingerprint density at radius 2 is 1.75 bits per heavy atom. The zero-order chi connectivity index (χ0) is 10.1. The summed E-state index contributed by atoms with van der Waals surface area (Å²) in [4.78, 5) is 9.84. The second kappa shape index (κ2) is 1.86. The minimum atomic E-state index is -1.33. The highest BCUT2D eigenvalue weighted by atomic mass is 17.3. The Labute approximate surface area is 74.3 Å². The maximum Gasteiger partial charge on any atom is 0.224 e. The van der Waals surface area contributed by atoms with Crippen molar-refractivity contribution in [2.24, 2.45) is 5.41 Å². The first-order valence-electron chi connectivity index (χ1n) is 4.73. The monoisotopic (exact) mass is 174 g/mol. The highest BCUT2D eigenvalue weighted by molar-refractivity contribution is 5.10. The van der Waals surface area contributed by atoms with E-state index in [-0.39, 0.29) is 5.41 Å². The van der Waals surface area contributed by atoms with Gasteiger partial charge in [-0.25, -0.2) is 9.78 Å². The predicted octanol–water partition coefficient (Wildman–Crippen LogP) is 1.87. The van der Waals surface area contributed by atoms with Gasteiger partial charge in [-0.05, 0) is 20.8 Å². The molecule has 0 radical (unpaired) electrons. The van der Waals surface area contributed by atoms with E-state index >= 15 is 0 Å². The summed E-state index contributed by atoms with van der Waals surface area (Å²) in [5.41, 5.74) is -1.34. The predicted molar refractivity (Wildman–Crippen MR) is 43.3 cm³/mol. The van der Waals surface area contributed by atoms with E-state index in [0.29, 0.717) is 0 Å². The van der Waals surface area contributed by atoms with E-state index in [9.17, 15) is 0 Å². The number of rotatable bonds is 0. The van der Waals surface area contributed by atoms with Crippen LogP contribution in [0.2, 0.25) is 0 Å². The average molecular weight is 174 g/mol. The minimum Gasteiger partial charge on any atom is -0.341 e. The minimum absolute atomic E-state index is 0.250. The number of hydrogen-bond acceptors (Lipinski definition) is 3. The zero-order valence-electron chi connectivity index (χ0n) is 9.22. The van der Waals surface area contributed by atoms with Gasteiger partial charge >= 0.3 is 0 Å². The lowest BCUT2D eigenvalue weighted by Gasteiger charge is -2.46. The van der Waals surface area contributed by atoms with Crippen molar-refractivity contribution in [2.75, 3.05) is 0 Å². The molecule has 0 aromatic rings. The molecule has 3 heteroatoms. The Hall–Kier alpha value is -0.120. The van der Waals surface area contributed by atoms with Gasteiger partial charge in [-0.3, -0.25) is 0 Å². The van der Waals surface area contributed by atoms with Crippen LogP contribution in [0.25, 0.3) is 0 Å². The summed E-state index contributed by atoms with van der Waals surface area (Å²) in [6.45, 7) is 9.84. The van der Waals surface area contributed by atoms with Gasteiger partial charge in [0.15, 0.2) is 5.60 Å². The molecule has 0 aromatic heterocycles. The summed E-state index contributed by atoms with van der Waals surface area (Å²) in [6, 6.07) is 0. The fourth-order valence-corrected chi connectivity index (χ4v) is 1.61. The number of fused-ring (bicyclic) bond motifs is 1. The Morgan fingerprint density at radius 1 is 1.17 bits per heavy atom. The third kappa shape index (κ3) is 0.640. The third-order valence-corrected chi connectivity index (χ3v) is 3.72. The van der Waals surface area contributed by atoms with E-state index < -0.39 is 17.5 Å². The van der Waals surface area contributed by atoms with Gasteiger partial charge in [0.1, 0.15) is 0 Å². The molecule has 2 fully saturated rings. The molecule has 70 valence electrons. The topological polar surface area (TPSA) is 27.7 Å². The van der Waals surface area contributed by atoms with Gasteiger partial charge < -0.3 is 4.74 Å². The Balaban J connectivity index is 2.48. The first kappa shape index (κ1) is 7.30. The largest absolute Gasteiger partial charge is 0.341 e. The van der Waals surface area contributed by atoms with Gasteiger partial charge in [0.2, 0.25) is 6.27 Å². The third-order valence-electron chi connectivity index (χ3n) is 3.72. The quantitative estimate of drug-likeness (QED) is 0.525. The first-order valence-corrected chi connectivity index (χ1v) is 4.23. The van der Waals surface area contributed by atoms with Crippen LogP contribution in [-0.2, 0) is 14.5 Å². The second-order valence-electron chi connectivity index (χ2n) is 4.72. The fourth-order valence-electron chi connectivity index (χ4n) is 1.61. The Morgan fingerprint density at radius 3 is 1.92 bits per heavy atom. The van der Waals surface area contributed by atoms with Crippen molar-refractivity contribution >= 4 is 0 Å². The van der Waals surface area contributed by atoms with Crippen LogP contribution in [0.15, 0.2) is 0 Å². The van der Waals surface area contributed by atoms with E-state index in [1.54, 1.807) is 0 Å². The van der Waals surface area contributed by atoms with Crippen molar-refractivity contribution in [3.8, 4) is 0 Å². The summed E-state index contributed by atoms with van der Waals surface area (Å²) in [5.74, 6) is 0. The molecule has 2 aliphatic heterocycles. The van der Waals surface area contributed by atoms with Crippen molar-refractivity contribution < 1.29 is 15.9 Å². The first-order chi connectivity index (χ1) is 5.66. The van der Waals surface area contributed by atoms with Gasteiger partial charge in [0.05, 0.1) is 6.97 Å². The molecule has 2 atom stereocenters. The van der Waals surface area contributed by atoms with E-state index in [1.807, 2.05) is 34.6 Å². The average Bonchev–Trinajstić information content (AvgIpc) is 2.03. The molecule has 12 heavy (non-hydrogen) atoms. The van der Waals surface area contributed by atoms with Crippen LogP contribution in [0.3, 0.4) is 0 Å². The van der Waals surface area contributed by atoms with Crippen molar-refractivity contribution in [1.82, 2.24) is 0 Å². The Kier molecular flexibility index (Phi) is 1.13. The standard InChI is InChI=1S/C9H16O3/c1-7(2)8(3,4)10-6-9(7,5)12-11-6/h6H,1-5H3/i6T. The van der Waals surface area contributed by atoms with Crippen LogP contribution in [0.5, 0.6) is 0 Å². The molecule has 2 heterocycles. The molecule has 0 bridgehead atoms. The van der Waals surface area contributed by atoms with E-state index in [0.717, 1.165) is 0 Å². The molecule has 3 nitrogen and oxygen atoms in total. The molecular weight excluding hydrogens is 156 g/mol. The van der Waals surface area contributed by atoms with E-state index in [4.69, 9.17) is 15.9 Å². The summed E-state index contributed by atoms with van der Waals surface area (Å²) < 4.78 is 13.5. The molecule has 0 saturated carbocycles. The molecule has 0 aliphatic carbocycles. The maximum atomic E-state index is 7.92. The summed E-state index contributed by atoms with van der Waals surface area (Å²) in [7, 11) is 0. The molecular formula is C9H16O3. The van der Waals surface area contributed by atoms with Crippen molar-refractivity contribution in [1.29, 1.82) is 0 Å². The number of hydrogen-bond donors (Lipinski definition) is 0. The van der Waals surface area contributed by atoms with E-state index in [2.05, 4.69) is 0 Å². The molecule has 2 saturated heterocycles. The molecule has 2 aliphatic rings. The summed E-state index contributed by atoms with van der Waals surface area (Å²) in [6.07, 6.45) is -1.33. The SMILES string of the molecule is [3H]C12OOC1(C)C(C)(C)C(C)(C)O2. The lowest BCUT2D eigenvalue weighted by atomic mass is 9.67.